The lowest BCUT2D eigenvalue weighted by atomic mass is 9.86. The van der Waals surface area contributed by atoms with E-state index in [1.165, 1.54) is 12.0 Å². The fraction of sp³-hybridized carbons (Fsp3) is 0.571. The summed E-state index contributed by atoms with van der Waals surface area (Å²) < 4.78 is 0. The Morgan fingerprint density at radius 1 is 1.20 bits per heavy atom. The molecule has 1 aromatic rings. The van der Waals surface area contributed by atoms with E-state index >= 15 is 0 Å². The number of nitrogens with one attached hydrogen (secondary N) is 2. The maximum absolute atomic E-state index is 10.7. The first-order valence-corrected chi connectivity index (χ1v) is 9.64. The molecule has 2 fully saturated rings. The van der Waals surface area contributed by atoms with Crippen molar-refractivity contribution < 1.29 is 9.90 Å². The molecule has 3 rings (SSSR count). The molecular weight excluding hydrogens is 312 g/mol. The van der Waals surface area contributed by atoms with Crippen LogP contribution < -0.4 is 10.6 Å². The molecule has 4 nitrogen and oxygen atoms in total. The fourth-order valence-electron chi connectivity index (χ4n) is 4.07. The van der Waals surface area contributed by atoms with Gasteiger partial charge < -0.3 is 15.7 Å². The molecule has 3 N–H and O–H groups in total. The number of amides is 1. The lowest BCUT2D eigenvalue weighted by Crippen LogP contribution is -2.38. The molecule has 0 unspecified atom stereocenters. The number of benzene rings is 1. The highest BCUT2D eigenvalue weighted by molar-refractivity contribution is 5.64. The summed E-state index contributed by atoms with van der Waals surface area (Å²) in [7, 11) is 0. The first-order chi connectivity index (χ1) is 12.2. The van der Waals surface area contributed by atoms with Gasteiger partial charge in [-0.25, -0.2) is 4.79 Å². The maximum Gasteiger partial charge on any atom is 0.404 e. The van der Waals surface area contributed by atoms with Gasteiger partial charge in [0.1, 0.15) is 0 Å². The molecule has 0 bridgehead atoms. The molecule has 2 aliphatic rings. The van der Waals surface area contributed by atoms with Gasteiger partial charge in [-0.2, -0.15) is 0 Å². The van der Waals surface area contributed by atoms with Crippen LogP contribution in [0.15, 0.2) is 35.9 Å². The Bertz CT molecular complexity index is 591. The van der Waals surface area contributed by atoms with Crippen molar-refractivity contribution >= 4 is 12.2 Å². The summed E-state index contributed by atoms with van der Waals surface area (Å²) in [6.07, 6.45) is 8.02. The molecule has 0 aliphatic heterocycles. The summed E-state index contributed by atoms with van der Waals surface area (Å²) in [5.74, 6) is 1.38. The minimum Gasteiger partial charge on any atom is -0.465 e. The van der Waals surface area contributed by atoms with E-state index in [2.05, 4.69) is 54.0 Å². The molecule has 1 amide bonds. The van der Waals surface area contributed by atoms with Gasteiger partial charge in [-0.15, -0.1) is 0 Å². The largest absolute Gasteiger partial charge is 0.465 e. The van der Waals surface area contributed by atoms with Gasteiger partial charge in [0.15, 0.2) is 0 Å². The first-order valence-electron chi connectivity index (χ1n) is 9.64. The zero-order chi connectivity index (χ0) is 17.6. The summed E-state index contributed by atoms with van der Waals surface area (Å²) in [5.41, 5.74) is 2.85. The van der Waals surface area contributed by atoms with Crippen molar-refractivity contribution in [3.05, 3.63) is 41.5 Å². The molecule has 0 aromatic heterocycles. The van der Waals surface area contributed by atoms with Crippen LogP contribution in [0.5, 0.6) is 0 Å². The Hall–Kier alpha value is -1.81. The zero-order valence-corrected chi connectivity index (χ0v) is 15.1. The number of carbonyl (C=O) groups is 1. The molecular formula is C21H30N2O2. The van der Waals surface area contributed by atoms with Crippen molar-refractivity contribution in [2.24, 2.45) is 11.8 Å². The van der Waals surface area contributed by atoms with Gasteiger partial charge in [0.2, 0.25) is 0 Å². The predicted octanol–water partition coefficient (Wildman–Crippen LogP) is 4.28. The van der Waals surface area contributed by atoms with Crippen molar-refractivity contribution in [1.82, 2.24) is 10.6 Å². The minimum atomic E-state index is -0.889. The van der Waals surface area contributed by atoms with Crippen molar-refractivity contribution in [2.45, 2.75) is 57.5 Å². The van der Waals surface area contributed by atoms with Gasteiger partial charge in [-0.05, 0) is 62.5 Å². The third-order valence-electron chi connectivity index (χ3n) is 5.67. The van der Waals surface area contributed by atoms with Gasteiger partial charge >= 0.3 is 6.09 Å². The van der Waals surface area contributed by atoms with Crippen LogP contribution in [-0.2, 0) is 0 Å². The second kappa shape index (κ2) is 8.52. The van der Waals surface area contributed by atoms with E-state index in [1.807, 2.05) is 0 Å². The second-order valence-electron chi connectivity index (χ2n) is 7.51. The van der Waals surface area contributed by atoms with E-state index in [0.717, 1.165) is 38.6 Å². The topological polar surface area (TPSA) is 61.4 Å². The second-order valence-corrected chi connectivity index (χ2v) is 7.51. The Labute approximate surface area is 150 Å². The van der Waals surface area contributed by atoms with E-state index in [9.17, 15) is 4.79 Å². The van der Waals surface area contributed by atoms with Gasteiger partial charge in [0.05, 0.1) is 0 Å². The Balaban J connectivity index is 1.41. The Kier molecular flexibility index (Phi) is 6.14. The minimum absolute atomic E-state index is 0.155. The standard InChI is InChI=1S/C21H30N2O2/c1-2-17(12-15-6-4-3-5-7-15)19-13-20(19)22-14-16-8-10-18(11-9-16)23-21(24)25/h3-7,12,16,18-20,22-23H,2,8-11,13-14H2,1H3,(H,24,25)/b17-12+/t16?,18?,19-,20+/m0/s1. The molecule has 0 saturated heterocycles. The lowest BCUT2D eigenvalue weighted by Gasteiger charge is -2.28. The summed E-state index contributed by atoms with van der Waals surface area (Å²) in [6.45, 7) is 3.32. The van der Waals surface area contributed by atoms with Crippen LogP contribution in [-0.4, -0.2) is 29.8 Å². The molecule has 2 atom stereocenters. The predicted molar refractivity (Wildman–Crippen MR) is 102 cm³/mol. The van der Waals surface area contributed by atoms with Crippen molar-refractivity contribution in [2.75, 3.05) is 6.54 Å². The van der Waals surface area contributed by atoms with Crippen LogP contribution in [0.4, 0.5) is 4.79 Å². The number of carboxylic acid groups (broad SMARTS) is 1. The summed E-state index contributed by atoms with van der Waals surface area (Å²) >= 11 is 0. The van der Waals surface area contributed by atoms with Gasteiger partial charge in [-0.1, -0.05) is 48.9 Å². The van der Waals surface area contributed by atoms with Gasteiger partial charge in [0, 0.05) is 12.1 Å². The molecule has 0 radical (unpaired) electrons. The summed E-state index contributed by atoms with van der Waals surface area (Å²) in [5, 5.41) is 15.2. The van der Waals surface area contributed by atoms with Gasteiger partial charge in [0.25, 0.3) is 0 Å². The maximum atomic E-state index is 10.7. The molecule has 1 aromatic carbocycles. The van der Waals surface area contributed by atoms with Crippen LogP contribution in [0.25, 0.3) is 6.08 Å². The number of hydrogen-bond acceptors (Lipinski definition) is 2. The molecule has 2 saturated carbocycles. The fourth-order valence-corrected chi connectivity index (χ4v) is 4.07. The van der Waals surface area contributed by atoms with Crippen LogP contribution in [0, 0.1) is 11.8 Å². The molecule has 136 valence electrons. The van der Waals surface area contributed by atoms with E-state index in [0.29, 0.717) is 17.9 Å². The number of hydrogen-bond donors (Lipinski definition) is 3. The zero-order valence-electron chi connectivity index (χ0n) is 15.1. The molecule has 25 heavy (non-hydrogen) atoms. The number of rotatable bonds is 7. The smallest absolute Gasteiger partial charge is 0.404 e. The van der Waals surface area contributed by atoms with Crippen LogP contribution in [0.2, 0.25) is 0 Å². The van der Waals surface area contributed by atoms with Crippen molar-refractivity contribution in [3.8, 4) is 0 Å². The summed E-state index contributed by atoms with van der Waals surface area (Å²) in [4.78, 5) is 10.7. The molecule has 4 heteroatoms. The van der Waals surface area contributed by atoms with E-state index in [-0.39, 0.29) is 6.04 Å². The Morgan fingerprint density at radius 3 is 2.56 bits per heavy atom. The highest BCUT2D eigenvalue weighted by Crippen LogP contribution is 2.40. The highest BCUT2D eigenvalue weighted by atomic mass is 16.4. The van der Waals surface area contributed by atoms with Gasteiger partial charge in [-0.3, -0.25) is 0 Å². The SMILES string of the molecule is CC/C(=C\c1ccccc1)[C@@H]1C[C@H]1NCC1CCC(NC(=O)O)CC1. The average Bonchev–Trinajstić information content (AvgIpc) is 3.39. The van der Waals surface area contributed by atoms with E-state index < -0.39 is 6.09 Å². The first kappa shape index (κ1) is 18.0. The quantitative estimate of drug-likeness (QED) is 0.693. The van der Waals surface area contributed by atoms with Crippen LogP contribution in [0.1, 0.15) is 51.0 Å². The Morgan fingerprint density at radius 2 is 1.92 bits per heavy atom. The average molecular weight is 342 g/mol. The monoisotopic (exact) mass is 342 g/mol. The summed E-state index contributed by atoms with van der Waals surface area (Å²) in [6, 6.07) is 11.4. The third-order valence-corrected chi connectivity index (χ3v) is 5.67. The lowest BCUT2D eigenvalue weighted by molar-refractivity contribution is 0.182. The highest BCUT2D eigenvalue weighted by Gasteiger charge is 2.39. The van der Waals surface area contributed by atoms with E-state index in [1.54, 1.807) is 5.57 Å². The third kappa shape index (κ3) is 5.33. The van der Waals surface area contributed by atoms with Crippen LogP contribution in [0.3, 0.4) is 0 Å². The van der Waals surface area contributed by atoms with Crippen molar-refractivity contribution in [1.29, 1.82) is 0 Å². The van der Waals surface area contributed by atoms with E-state index in [4.69, 9.17) is 5.11 Å². The molecule has 2 aliphatic carbocycles. The van der Waals surface area contributed by atoms with Crippen molar-refractivity contribution in [3.63, 3.8) is 0 Å². The normalized spacial score (nSPS) is 29.2. The van der Waals surface area contributed by atoms with Crippen LogP contribution >= 0.6 is 0 Å². The molecule has 0 spiro atoms. The molecule has 0 heterocycles.